The lowest BCUT2D eigenvalue weighted by molar-refractivity contribution is 0.1000. The highest BCUT2D eigenvalue weighted by Gasteiger charge is 2.09. The van der Waals surface area contributed by atoms with Gasteiger partial charge < -0.3 is 11.1 Å². The second kappa shape index (κ2) is 5.96. The summed E-state index contributed by atoms with van der Waals surface area (Å²) < 4.78 is 0. The number of carbonyl (C=O) groups is 1. The Hall–Kier alpha value is -0.940. The summed E-state index contributed by atoms with van der Waals surface area (Å²) in [6, 6.07) is 1.78. The number of nitrogens with zero attached hydrogens (tertiary/aromatic N) is 1. The fraction of sp³-hybridized carbons (Fsp3) is 0.400. The average Bonchev–Trinajstić information content (AvgIpc) is 2.21. The first-order valence-corrected chi connectivity index (χ1v) is 6.52. The van der Waals surface area contributed by atoms with Crippen molar-refractivity contribution in [3.8, 4) is 0 Å². The molecule has 0 saturated carbocycles. The van der Waals surface area contributed by atoms with E-state index < -0.39 is 5.91 Å². The van der Waals surface area contributed by atoms with Crippen LogP contribution in [0.5, 0.6) is 0 Å². The quantitative estimate of drug-likeness (QED) is 0.849. The first-order chi connectivity index (χ1) is 7.54. The van der Waals surface area contributed by atoms with E-state index in [0.717, 1.165) is 5.75 Å². The van der Waals surface area contributed by atoms with Gasteiger partial charge in [0.05, 0.1) is 10.6 Å². The minimum atomic E-state index is -0.530. The monoisotopic (exact) mass is 259 g/mol. The molecule has 1 aromatic heterocycles. The van der Waals surface area contributed by atoms with Gasteiger partial charge in [-0.1, -0.05) is 11.6 Å². The van der Waals surface area contributed by atoms with Crippen molar-refractivity contribution in [2.24, 2.45) is 5.73 Å². The van der Waals surface area contributed by atoms with Crippen molar-refractivity contribution in [3.05, 3.63) is 22.8 Å². The van der Waals surface area contributed by atoms with Crippen LogP contribution in [0.4, 0.5) is 5.82 Å². The lowest BCUT2D eigenvalue weighted by atomic mass is 10.2. The number of hydrogen-bond donors (Lipinski definition) is 2. The predicted molar refractivity (Wildman–Crippen MR) is 69.2 cm³/mol. The lowest BCUT2D eigenvalue weighted by Crippen LogP contribution is -2.19. The number of halogens is 1. The van der Waals surface area contributed by atoms with Gasteiger partial charge in [-0.25, -0.2) is 4.98 Å². The molecule has 1 unspecified atom stereocenters. The van der Waals surface area contributed by atoms with Crippen molar-refractivity contribution >= 4 is 35.1 Å². The molecule has 1 atom stereocenters. The van der Waals surface area contributed by atoms with E-state index in [2.05, 4.69) is 10.3 Å². The lowest BCUT2D eigenvalue weighted by Gasteiger charge is -2.14. The molecule has 0 aromatic carbocycles. The van der Waals surface area contributed by atoms with Crippen LogP contribution in [-0.4, -0.2) is 28.9 Å². The Morgan fingerprint density at radius 3 is 2.94 bits per heavy atom. The Kier molecular flexibility index (Phi) is 4.89. The molecule has 0 spiro atoms. The van der Waals surface area contributed by atoms with E-state index in [1.165, 1.54) is 12.3 Å². The zero-order valence-corrected chi connectivity index (χ0v) is 10.7. The summed E-state index contributed by atoms with van der Waals surface area (Å²) in [4.78, 5) is 15.0. The Morgan fingerprint density at radius 2 is 2.44 bits per heavy atom. The number of thioether (sulfide) groups is 1. The molecule has 0 aliphatic heterocycles. The average molecular weight is 260 g/mol. The molecular formula is C10H14ClN3OS. The number of rotatable bonds is 5. The van der Waals surface area contributed by atoms with E-state index in [1.54, 1.807) is 11.8 Å². The summed E-state index contributed by atoms with van der Waals surface area (Å²) in [5.41, 5.74) is 5.43. The summed E-state index contributed by atoms with van der Waals surface area (Å²) in [5.74, 6) is 1.00. The summed E-state index contributed by atoms with van der Waals surface area (Å²) in [6.45, 7) is 2.04. The molecular weight excluding hydrogens is 246 g/mol. The molecule has 16 heavy (non-hydrogen) atoms. The van der Waals surface area contributed by atoms with E-state index in [-0.39, 0.29) is 6.04 Å². The molecule has 1 aromatic rings. The number of pyridine rings is 1. The van der Waals surface area contributed by atoms with Crippen molar-refractivity contribution in [2.45, 2.75) is 13.0 Å². The maximum atomic E-state index is 10.9. The van der Waals surface area contributed by atoms with E-state index in [0.29, 0.717) is 16.4 Å². The van der Waals surface area contributed by atoms with Crippen LogP contribution in [-0.2, 0) is 0 Å². The van der Waals surface area contributed by atoms with Crippen molar-refractivity contribution in [1.29, 1.82) is 0 Å². The zero-order valence-electron chi connectivity index (χ0n) is 9.16. The molecule has 3 N–H and O–H groups in total. The number of nitrogens with one attached hydrogen (secondary N) is 1. The number of nitrogens with two attached hydrogens (primary N) is 1. The van der Waals surface area contributed by atoms with E-state index in [4.69, 9.17) is 17.3 Å². The first kappa shape index (κ1) is 13.1. The maximum Gasteiger partial charge on any atom is 0.250 e. The second-order valence-electron chi connectivity index (χ2n) is 3.42. The first-order valence-electron chi connectivity index (χ1n) is 4.75. The summed E-state index contributed by atoms with van der Waals surface area (Å²) >= 11 is 7.71. The normalized spacial score (nSPS) is 12.2. The maximum absolute atomic E-state index is 10.9. The molecule has 88 valence electrons. The van der Waals surface area contributed by atoms with Crippen LogP contribution in [0, 0.1) is 0 Å². The Morgan fingerprint density at radius 1 is 1.75 bits per heavy atom. The van der Waals surface area contributed by atoms with Crippen molar-refractivity contribution in [3.63, 3.8) is 0 Å². The van der Waals surface area contributed by atoms with Gasteiger partial charge in [0.1, 0.15) is 5.82 Å². The standard InChI is InChI=1S/C10H14ClN3OS/c1-6(5-16-2)14-10-8(11)3-7(4-13-10)9(12)15/h3-4,6H,5H2,1-2H3,(H2,12,15)(H,13,14). The number of primary amides is 1. The number of carbonyl (C=O) groups excluding carboxylic acids is 1. The number of aromatic nitrogens is 1. The van der Waals surface area contributed by atoms with Crippen LogP contribution in [0.3, 0.4) is 0 Å². The molecule has 1 rings (SSSR count). The summed E-state index contributed by atoms with van der Waals surface area (Å²) in [5, 5.41) is 3.57. The minimum Gasteiger partial charge on any atom is -0.366 e. The molecule has 0 saturated heterocycles. The van der Waals surface area contributed by atoms with Gasteiger partial charge in [-0.2, -0.15) is 11.8 Å². The molecule has 6 heteroatoms. The molecule has 0 aliphatic carbocycles. The molecule has 4 nitrogen and oxygen atoms in total. The van der Waals surface area contributed by atoms with Gasteiger partial charge in [0.15, 0.2) is 0 Å². The van der Waals surface area contributed by atoms with Crippen molar-refractivity contribution < 1.29 is 4.79 Å². The highest BCUT2D eigenvalue weighted by molar-refractivity contribution is 7.98. The Balaban J connectivity index is 2.79. The highest BCUT2D eigenvalue weighted by atomic mass is 35.5. The highest BCUT2D eigenvalue weighted by Crippen LogP contribution is 2.21. The predicted octanol–water partition coefficient (Wildman–Crippen LogP) is 2.00. The van der Waals surface area contributed by atoms with Crippen molar-refractivity contribution in [1.82, 2.24) is 4.98 Å². The van der Waals surface area contributed by atoms with Gasteiger partial charge in [-0.15, -0.1) is 0 Å². The fourth-order valence-corrected chi connectivity index (χ4v) is 2.01. The minimum absolute atomic E-state index is 0.263. The van der Waals surface area contributed by atoms with Crippen LogP contribution < -0.4 is 11.1 Å². The largest absolute Gasteiger partial charge is 0.366 e. The van der Waals surface area contributed by atoms with Gasteiger partial charge in [0.25, 0.3) is 0 Å². The topological polar surface area (TPSA) is 68.0 Å². The van der Waals surface area contributed by atoms with E-state index in [1.807, 2.05) is 13.2 Å². The molecule has 0 aliphatic rings. The smallest absolute Gasteiger partial charge is 0.250 e. The number of hydrogen-bond acceptors (Lipinski definition) is 4. The third kappa shape index (κ3) is 3.57. The fourth-order valence-electron chi connectivity index (χ4n) is 1.20. The van der Waals surface area contributed by atoms with Crippen LogP contribution in [0.15, 0.2) is 12.3 Å². The van der Waals surface area contributed by atoms with Gasteiger partial charge in [-0.3, -0.25) is 4.79 Å². The van der Waals surface area contributed by atoms with Crippen LogP contribution in [0.1, 0.15) is 17.3 Å². The van der Waals surface area contributed by atoms with E-state index in [9.17, 15) is 4.79 Å². The SMILES string of the molecule is CSCC(C)Nc1ncc(C(N)=O)cc1Cl. The second-order valence-corrected chi connectivity index (χ2v) is 4.74. The van der Waals surface area contributed by atoms with Crippen LogP contribution in [0.2, 0.25) is 5.02 Å². The Bertz CT molecular complexity index is 386. The third-order valence-electron chi connectivity index (χ3n) is 1.93. The third-order valence-corrected chi connectivity index (χ3v) is 3.05. The van der Waals surface area contributed by atoms with Gasteiger partial charge in [0, 0.05) is 18.0 Å². The van der Waals surface area contributed by atoms with Gasteiger partial charge in [-0.05, 0) is 19.2 Å². The van der Waals surface area contributed by atoms with Crippen LogP contribution >= 0.6 is 23.4 Å². The van der Waals surface area contributed by atoms with Crippen molar-refractivity contribution in [2.75, 3.05) is 17.3 Å². The summed E-state index contributed by atoms with van der Waals surface area (Å²) in [6.07, 6.45) is 3.45. The Labute approximate surface area is 104 Å². The van der Waals surface area contributed by atoms with Gasteiger partial charge >= 0.3 is 0 Å². The van der Waals surface area contributed by atoms with Crippen LogP contribution in [0.25, 0.3) is 0 Å². The molecule has 1 amide bonds. The molecule has 1 heterocycles. The van der Waals surface area contributed by atoms with Gasteiger partial charge in [0.2, 0.25) is 5.91 Å². The number of anilines is 1. The molecule has 0 radical (unpaired) electrons. The number of amides is 1. The van der Waals surface area contributed by atoms with E-state index >= 15 is 0 Å². The molecule has 0 bridgehead atoms. The zero-order chi connectivity index (χ0) is 12.1. The molecule has 0 fully saturated rings. The summed E-state index contributed by atoms with van der Waals surface area (Å²) in [7, 11) is 0.